The van der Waals surface area contributed by atoms with Crippen molar-refractivity contribution in [2.75, 3.05) is 39.6 Å². The molecular weight excluding hydrogens is 1400 g/mol. The molecule has 17 nitrogen and oxygen atoms in total. The third kappa shape index (κ3) is 77.0. The van der Waals surface area contributed by atoms with Gasteiger partial charge in [-0.3, -0.25) is 37.3 Å². The summed E-state index contributed by atoms with van der Waals surface area (Å²) in [5.74, 6) is -2.58. The van der Waals surface area contributed by atoms with E-state index in [0.29, 0.717) is 38.5 Å². The largest absolute Gasteiger partial charge is 0.472 e. The molecule has 0 aliphatic heterocycles. The number of unbranched alkanes of at least 4 members (excludes halogenated alkanes) is 5. The third-order valence-electron chi connectivity index (χ3n) is 14.9. The fourth-order valence-electron chi connectivity index (χ4n) is 9.07. The van der Waals surface area contributed by atoms with Gasteiger partial charge in [-0.2, -0.15) is 0 Å². The van der Waals surface area contributed by atoms with E-state index in [1.807, 2.05) is 48.6 Å². The van der Waals surface area contributed by atoms with Crippen LogP contribution in [0, 0.1) is 0 Å². The van der Waals surface area contributed by atoms with E-state index < -0.39 is 97.5 Å². The first-order valence-corrected chi connectivity index (χ1v) is 42.3. The first kappa shape index (κ1) is 101. The second-order valence-electron chi connectivity index (χ2n) is 24.8. The van der Waals surface area contributed by atoms with Gasteiger partial charge in [-0.1, -0.05) is 290 Å². The normalized spacial score (nSPS) is 15.1. The highest BCUT2D eigenvalue weighted by Crippen LogP contribution is 2.45. The average Bonchev–Trinajstić information content (AvgIpc) is 0.923. The van der Waals surface area contributed by atoms with Crippen LogP contribution in [0.5, 0.6) is 0 Å². The van der Waals surface area contributed by atoms with Crippen LogP contribution in [0.3, 0.4) is 0 Å². The summed E-state index contributed by atoms with van der Waals surface area (Å²) in [5, 5.41) is 10.6. The zero-order chi connectivity index (χ0) is 78.9. The number of allylic oxidation sites excluding steroid dienone is 39. The van der Waals surface area contributed by atoms with Crippen LogP contribution >= 0.6 is 15.6 Å². The molecule has 108 heavy (non-hydrogen) atoms. The van der Waals surface area contributed by atoms with Crippen molar-refractivity contribution in [3.8, 4) is 0 Å². The van der Waals surface area contributed by atoms with Crippen LogP contribution in [0.2, 0.25) is 0 Å². The van der Waals surface area contributed by atoms with Crippen LogP contribution in [-0.2, 0) is 65.4 Å². The summed E-state index contributed by atoms with van der Waals surface area (Å²) < 4.78 is 68.2. The number of carbonyl (C=O) groups excluding carboxylic acids is 4. The Morgan fingerprint density at radius 3 is 0.815 bits per heavy atom. The molecule has 0 radical (unpaired) electrons. The predicted octanol–water partition coefficient (Wildman–Crippen LogP) is 23.2. The molecule has 0 bridgehead atoms. The molecule has 0 rings (SSSR count). The highest BCUT2D eigenvalue weighted by molar-refractivity contribution is 7.47. The summed E-state index contributed by atoms with van der Waals surface area (Å²) in [6.07, 6.45) is 102. The molecule has 0 aromatic rings. The monoisotopic (exact) mass is 1540 g/mol. The molecule has 0 aliphatic carbocycles. The maximum atomic E-state index is 13.1. The van der Waals surface area contributed by atoms with Gasteiger partial charge in [-0.05, 0) is 161 Å². The number of hydrogen-bond donors (Lipinski definition) is 3. The van der Waals surface area contributed by atoms with Crippen molar-refractivity contribution >= 4 is 39.5 Å². The van der Waals surface area contributed by atoms with Gasteiger partial charge in [0.25, 0.3) is 0 Å². The third-order valence-corrected chi connectivity index (χ3v) is 16.8. The minimum absolute atomic E-state index is 0.00366. The maximum absolute atomic E-state index is 13.1. The number of rotatable bonds is 70. The SMILES string of the molecule is CC/C=C\C/C=C\C/C=C\C/C=C\C/C=C\C/C=C\CCC(=O)OCC(COP(=O)(O)OCC(O)COP(=O)(O)OCC(COC(=O)CC/C=C\C/C=C\C/C=C\C/C=C\C/C=C\C/C=C\CC)OC(=O)CCCCCCC/C=C\C/C=C\C/C=C\CC)OC(=O)C/C=C\C/C=C\C/C=C\C/C=C\C/C=C\CC. The van der Waals surface area contributed by atoms with Gasteiger partial charge in [0.1, 0.15) is 19.3 Å². The van der Waals surface area contributed by atoms with Crippen molar-refractivity contribution in [2.45, 2.75) is 251 Å². The molecule has 602 valence electrons. The first-order chi connectivity index (χ1) is 52.7. The van der Waals surface area contributed by atoms with Crippen molar-refractivity contribution in [3.05, 3.63) is 243 Å². The Morgan fingerprint density at radius 1 is 0.269 bits per heavy atom. The molecule has 0 heterocycles. The molecule has 0 aliphatic rings. The molecule has 5 unspecified atom stereocenters. The first-order valence-electron chi connectivity index (χ1n) is 39.3. The number of ether oxygens (including phenoxy) is 4. The highest BCUT2D eigenvalue weighted by atomic mass is 31.2. The highest BCUT2D eigenvalue weighted by Gasteiger charge is 2.30. The van der Waals surface area contributed by atoms with Gasteiger partial charge in [0.05, 0.1) is 32.8 Å². The van der Waals surface area contributed by atoms with Gasteiger partial charge in [-0.15, -0.1) is 0 Å². The molecule has 0 saturated heterocycles. The van der Waals surface area contributed by atoms with E-state index >= 15 is 0 Å². The zero-order valence-corrected chi connectivity index (χ0v) is 67.4. The number of esters is 4. The zero-order valence-electron chi connectivity index (χ0n) is 65.6. The number of hydrogen-bond acceptors (Lipinski definition) is 15. The molecule has 0 amide bonds. The Bertz CT molecular complexity index is 3010. The average molecular weight is 1540 g/mol. The van der Waals surface area contributed by atoms with Crippen molar-refractivity contribution in [1.82, 2.24) is 0 Å². The molecule has 19 heteroatoms. The Kier molecular flexibility index (Phi) is 72.8. The lowest BCUT2D eigenvalue weighted by Gasteiger charge is -2.21. The number of aliphatic hydroxyl groups excluding tert-OH is 1. The molecular formula is C89H134O17P2. The second kappa shape index (κ2) is 78.0. The standard InChI is InChI=1S/C89H134O17P2/c1-5-9-13-17-21-25-29-33-37-39-41-43-47-49-53-57-61-65-69-73-86(91)99-79-84(105-88(93)75-71-67-63-59-55-51-45-35-31-27-23-19-15-11-7-3)81-103-107(95,96)101-77-83(90)78-102-108(97,98)104-82-85(106-89(94)76-72-68-64-60-56-52-46-36-32-28-24-20-16-12-8-4)80-100-87(92)74-70-66-62-58-54-50-48-44-42-40-38-34-30-26-22-18-14-10-6-2/h9-16,21-28,33-38,41-46,49-50,53-55,59,61-62,65-67,71,83-85,90H,5-8,17-20,29-32,39-40,47-48,51-52,56-58,60,63-64,68-70,72-82H2,1-4H3,(H,95,96)(H,97,98)/b13-9-,14-10-,15-11-,16-12-,25-21-,26-22-,27-23-,28-24-,37-33-,38-34-,43-41-,44-42-,45-35-,46-36-,53-49-,54-50-,59-55-,65-61-,66-62-,71-67-. The van der Waals surface area contributed by atoms with Crippen LogP contribution in [0.4, 0.5) is 0 Å². The minimum atomic E-state index is -5.04. The molecule has 0 saturated carbocycles. The minimum Gasteiger partial charge on any atom is -0.462 e. The second-order valence-corrected chi connectivity index (χ2v) is 27.7. The lowest BCUT2D eigenvalue weighted by atomic mass is 10.1. The van der Waals surface area contributed by atoms with Crippen molar-refractivity contribution in [2.24, 2.45) is 0 Å². The number of aliphatic hydroxyl groups is 1. The molecule has 5 atom stereocenters. The molecule has 0 aromatic heterocycles. The summed E-state index contributed by atoms with van der Waals surface area (Å²) >= 11 is 0. The Morgan fingerprint density at radius 2 is 0.509 bits per heavy atom. The molecule has 0 fully saturated rings. The summed E-state index contributed by atoms with van der Waals surface area (Å²) in [5.41, 5.74) is 0. The van der Waals surface area contributed by atoms with Crippen LogP contribution < -0.4 is 0 Å². The predicted molar refractivity (Wildman–Crippen MR) is 444 cm³/mol. The lowest BCUT2D eigenvalue weighted by molar-refractivity contribution is -0.161. The fraction of sp³-hybridized carbons (Fsp3) is 0.506. The van der Waals surface area contributed by atoms with Gasteiger partial charge in [0.2, 0.25) is 0 Å². The fourth-order valence-corrected chi connectivity index (χ4v) is 10.6. The topological polar surface area (TPSA) is 237 Å². The van der Waals surface area contributed by atoms with Crippen molar-refractivity contribution < 1.29 is 80.2 Å². The molecule has 0 spiro atoms. The van der Waals surface area contributed by atoms with E-state index in [4.69, 9.17) is 37.0 Å². The van der Waals surface area contributed by atoms with E-state index in [9.17, 15) is 43.2 Å². The van der Waals surface area contributed by atoms with E-state index in [-0.39, 0.29) is 25.7 Å². The smallest absolute Gasteiger partial charge is 0.462 e. The van der Waals surface area contributed by atoms with Crippen molar-refractivity contribution in [1.29, 1.82) is 0 Å². The van der Waals surface area contributed by atoms with E-state index in [1.54, 1.807) is 12.2 Å². The van der Waals surface area contributed by atoms with Gasteiger partial charge in [0, 0.05) is 19.3 Å². The number of phosphoric acid groups is 2. The number of carbonyl (C=O) groups is 4. The summed E-state index contributed by atoms with van der Waals surface area (Å²) in [6.45, 7) is 4.05. The maximum Gasteiger partial charge on any atom is 0.472 e. The van der Waals surface area contributed by atoms with Gasteiger partial charge >= 0.3 is 39.5 Å². The van der Waals surface area contributed by atoms with Crippen LogP contribution in [0.1, 0.15) is 233 Å². The van der Waals surface area contributed by atoms with Crippen LogP contribution in [-0.4, -0.2) is 96.7 Å². The quantitative estimate of drug-likeness (QED) is 0.0169. The Labute approximate surface area is 650 Å². The van der Waals surface area contributed by atoms with E-state index in [2.05, 4.69) is 210 Å². The molecule has 3 N–H and O–H groups in total. The van der Waals surface area contributed by atoms with E-state index in [0.717, 1.165) is 141 Å². The number of phosphoric ester groups is 2. The molecule has 0 aromatic carbocycles. The van der Waals surface area contributed by atoms with Gasteiger partial charge in [0.15, 0.2) is 12.2 Å². The summed E-state index contributed by atoms with van der Waals surface area (Å²) in [7, 11) is -10.1. The van der Waals surface area contributed by atoms with Gasteiger partial charge in [-0.25, -0.2) is 9.13 Å². The lowest BCUT2D eigenvalue weighted by Crippen LogP contribution is -2.30. The summed E-state index contributed by atoms with van der Waals surface area (Å²) in [4.78, 5) is 72.9. The van der Waals surface area contributed by atoms with Crippen LogP contribution in [0.15, 0.2) is 243 Å². The Hall–Kier alpha value is -7.14. The summed E-state index contributed by atoms with van der Waals surface area (Å²) in [6, 6.07) is 0. The van der Waals surface area contributed by atoms with E-state index in [1.165, 1.54) is 0 Å². The Balaban J connectivity index is 5.61. The van der Waals surface area contributed by atoms with Gasteiger partial charge < -0.3 is 33.8 Å². The van der Waals surface area contributed by atoms with Crippen molar-refractivity contribution in [3.63, 3.8) is 0 Å². The van der Waals surface area contributed by atoms with Crippen LogP contribution in [0.25, 0.3) is 0 Å².